The van der Waals surface area contributed by atoms with Crippen molar-refractivity contribution < 1.29 is 0 Å². The first-order valence-electron chi connectivity index (χ1n) is 5.79. The molecule has 1 unspecified atom stereocenters. The highest BCUT2D eigenvalue weighted by atomic mass is 79.9. The zero-order valence-corrected chi connectivity index (χ0v) is 13.4. The summed E-state index contributed by atoms with van der Waals surface area (Å²) in [5.74, 6) is 0.444. The van der Waals surface area contributed by atoms with Crippen molar-refractivity contribution in [3.63, 3.8) is 0 Å². The van der Waals surface area contributed by atoms with Crippen LogP contribution >= 0.6 is 38.9 Å². The van der Waals surface area contributed by atoms with E-state index < -0.39 is 0 Å². The molecule has 0 aliphatic heterocycles. The van der Waals surface area contributed by atoms with Crippen molar-refractivity contribution in [3.8, 4) is 10.4 Å². The third-order valence-corrected chi connectivity index (χ3v) is 5.01. The molecule has 0 radical (unpaired) electrons. The monoisotopic (exact) mass is 343 g/mol. The van der Waals surface area contributed by atoms with Gasteiger partial charge in [-0.05, 0) is 36.2 Å². The first kappa shape index (κ1) is 14.1. The SMILES string of the molecule is CC(C)C(N)c1ccc(-c2cc(Cl)ccc2Br)s1. The average molecular weight is 345 g/mol. The smallest absolute Gasteiger partial charge is 0.0413 e. The molecule has 2 aromatic rings. The number of benzene rings is 1. The fourth-order valence-electron chi connectivity index (χ4n) is 1.69. The van der Waals surface area contributed by atoms with Gasteiger partial charge in [0.1, 0.15) is 0 Å². The predicted octanol–water partition coefficient (Wildman–Crippen LogP) is 5.49. The summed E-state index contributed by atoms with van der Waals surface area (Å²) in [7, 11) is 0. The number of thiophene rings is 1. The molecule has 0 saturated carbocycles. The number of halogens is 2. The first-order chi connectivity index (χ1) is 8.49. The van der Waals surface area contributed by atoms with Crippen molar-refractivity contribution in [1.82, 2.24) is 0 Å². The minimum atomic E-state index is 0.0988. The number of rotatable bonds is 3. The molecule has 1 atom stereocenters. The molecule has 0 bridgehead atoms. The molecular weight excluding hydrogens is 330 g/mol. The summed E-state index contributed by atoms with van der Waals surface area (Å²) in [5.41, 5.74) is 7.29. The lowest BCUT2D eigenvalue weighted by molar-refractivity contribution is 0.521. The highest BCUT2D eigenvalue weighted by Gasteiger charge is 2.14. The third-order valence-electron chi connectivity index (χ3n) is 2.87. The van der Waals surface area contributed by atoms with E-state index in [0.29, 0.717) is 5.92 Å². The van der Waals surface area contributed by atoms with Crippen LogP contribution in [0.4, 0.5) is 0 Å². The lowest BCUT2D eigenvalue weighted by atomic mass is 10.0. The van der Waals surface area contributed by atoms with E-state index >= 15 is 0 Å². The third kappa shape index (κ3) is 2.97. The maximum absolute atomic E-state index is 6.17. The van der Waals surface area contributed by atoms with E-state index in [0.717, 1.165) is 15.1 Å². The highest BCUT2D eigenvalue weighted by molar-refractivity contribution is 9.10. The maximum atomic E-state index is 6.17. The Kier molecular flexibility index (Phi) is 4.49. The van der Waals surface area contributed by atoms with Gasteiger partial charge in [0.05, 0.1) is 0 Å². The lowest BCUT2D eigenvalue weighted by Gasteiger charge is -2.13. The largest absolute Gasteiger partial charge is 0.323 e. The zero-order chi connectivity index (χ0) is 13.3. The van der Waals surface area contributed by atoms with Gasteiger partial charge in [-0.15, -0.1) is 11.3 Å². The maximum Gasteiger partial charge on any atom is 0.0413 e. The molecule has 2 rings (SSSR count). The number of hydrogen-bond acceptors (Lipinski definition) is 2. The molecule has 0 fully saturated rings. The molecule has 0 aliphatic carbocycles. The normalized spacial score (nSPS) is 13.0. The topological polar surface area (TPSA) is 26.0 Å². The quantitative estimate of drug-likeness (QED) is 0.783. The average Bonchev–Trinajstić information content (AvgIpc) is 2.80. The van der Waals surface area contributed by atoms with Crippen LogP contribution in [0.3, 0.4) is 0 Å². The molecule has 1 aromatic carbocycles. The van der Waals surface area contributed by atoms with E-state index in [1.54, 1.807) is 11.3 Å². The highest BCUT2D eigenvalue weighted by Crippen LogP contribution is 2.37. The summed E-state index contributed by atoms with van der Waals surface area (Å²) in [6.07, 6.45) is 0. The minimum absolute atomic E-state index is 0.0988. The van der Waals surface area contributed by atoms with Crippen LogP contribution in [0.2, 0.25) is 5.02 Å². The minimum Gasteiger partial charge on any atom is -0.323 e. The molecule has 4 heteroatoms. The second-order valence-corrected chi connectivity index (χ2v) is 7.00. The van der Waals surface area contributed by atoms with Crippen LogP contribution in [-0.4, -0.2) is 0 Å². The van der Waals surface area contributed by atoms with Crippen LogP contribution in [-0.2, 0) is 0 Å². The van der Waals surface area contributed by atoms with Crippen molar-refractivity contribution in [2.75, 3.05) is 0 Å². The van der Waals surface area contributed by atoms with Gasteiger partial charge < -0.3 is 5.73 Å². The first-order valence-corrected chi connectivity index (χ1v) is 7.78. The molecule has 96 valence electrons. The number of nitrogens with two attached hydrogens (primary N) is 1. The number of hydrogen-bond donors (Lipinski definition) is 1. The molecule has 1 aromatic heterocycles. The Morgan fingerprint density at radius 3 is 2.61 bits per heavy atom. The van der Waals surface area contributed by atoms with Crippen molar-refractivity contribution in [1.29, 1.82) is 0 Å². The predicted molar refractivity (Wildman–Crippen MR) is 84.2 cm³/mol. The van der Waals surface area contributed by atoms with Gasteiger partial charge in [0.25, 0.3) is 0 Å². The zero-order valence-electron chi connectivity index (χ0n) is 10.3. The van der Waals surface area contributed by atoms with E-state index in [9.17, 15) is 0 Å². The van der Waals surface area contributed by atoms with Crippen LogP contribution in [0.1, 0.15) is 24.8 Å². The fraction of sp³-hybridized carbons (Fsp3) is 0.286. The second-order valence-electron chi connectivity index (χ2n) is 4.60. The van der Waals surface area contributed by atoms with Gasteiger partial charge in [0, 0.05) is 30.9 Å². The van der Waals surface area contributed by atoms with E-state index in [1.165, 1.54) is 9.75 Å². The summed E-state index contributed by atoms with van der Waals surface area (Å²) in [4.78, 5) is 2.40. The Bertz CT molecular complexity index is 550. The molecule has 0 aliphatic rings. The van der Waals surface area contributed by atoms with E-state index in [2.05, 4.69) is 41.9 Å². The van der Waals surface area contributed by atoms with Gasteiger partial charge in [-0.1, -0.05) is 41.4 Å². The Labute approximate surface area is 125 Å². The van der Waals surface area contributed by atoms with Crippen LogP contribution in [0.15, 0.2) is 34.8 Å². The molecule has 0 saturated heterocycles. The fourth-order valence-corrected chi connectivity index (χ4v) is 3.67. The standard InChI is InChI=1S/C14H15BrClNS/c1-8(2)14(17)13-6-5-12(18-13)10-7-9(16)3-4-11(10)15/h3-8,14H,17H2,1-2H3. The van der Waals surface area contributed by atoms with E-state index in [1.807, 2.05) is 18.2 Å². The van der Waals surface area contributed by atoms with Gasteiger partial charge in [-0.2, -0.15) is 0 Å². The molecule has 0 amide bonds. The molecule has 18 heavy (non-hydrogen) atoms. The molecular formula is C14H15BrClNS. The van der Waals surface area contributed by atoms with Gasteiger partial charge in [0.15, 0.2) is 0 Å². The summed E-state index contributed by atoms with van der Waals surface area (Å²) in [6.45, 7) is 4.28. The Morgan fingerprint density at radius 2 is 1.94 bits per heavy atom. The summed E-state index contributed by atoms with van der Waals surface area (Å²) in [6, 6.07) is 10.1. The molecule has 1 heterocycles. The van der Waals surface area contributed by atoms with Gasteiger partial charge in [-0.3, -0.25) is 0 Å². The van der Waals surface area contributed by atoms with Crippen molar-refractivity contribution in [2.24, 2.45) is 11.7 Å². The van der Waals surface area contributed by atoms with Crippen molar-refractivity contribution >= 4 is 38.9 Å². The van der Waals surface area contributed by atoms with Gasteiger partial charge in [0.2, 0.25) is 0 Å². The lowest BCUT2D eigenvalue weighted by Crippen LogP contribution is -2.14. The summed E-state index contributed by atoms with van der Waals surface area (Å²) in [5, 5.41) is 0.747. The summed E-state index contributed by atoms with van der Waals surface area (Å²) >= 11 is 11.3. The molecule has 2 N–H and O–H groups in total. The van der Waals surface area contributed by atoms with Gasteiger partial charge >= 0.3 is 0 Å². The second kappa shape index (κ2) is 5.74. The van der Waals surface area contributed by atoms with Gasteiger partial charge in [-0.25, -0.2) is 0 Å². The molecule has 0 spiro atoms. The molecule has 1 nitrogen and oxygen atoms in total. The van der Waals surface area contributed by atoms with Crippen LogP contribution < -0.4 is 5.73 Å². The Hall–Kier alpha value is -0.350. The van der Waals surface area contributed by atoms with Crippen molar-refractivity contribution in [3.05, 3.63) is 44.7 Å². The van der Waals surface area contributed by atoms with E-state index in [4.69, 9.17) is 17.3 Å². The Morgan fingerprint density at radius 1 is 1.22 bits per heavy atom. The van der Waals surface area contributed by atoms with Crippen LogP contribution in [0, 0.1) is 5.92 Å². The van der Waals surface area contributed by atoms with Crippen LogP contribution in [0.5, 0.6) is 0 Å². The van der Waals surface area contributed by atoms with Crippen molar-refractivity contribution in [2.45, 2.75) is 19.9 Å². The van der Waals surface area contributed by atoms with E-state index in [-0.39, 0.29) is 6.04 Å². The summed E-state index contributed by atoms with van der Waals surface area (Å²) < 4.78 is 1.05. The Balaban J connectivity index is 2.38. The van der Waals surface area contributed by atoms with Crippen LogP contribution in [0.25, 0.3) is 10.4 Å².